The van der Waals surface area contributed by atoms with Gasteiger partial charge in [0.15, 0.2) is 5.69 Å². The van der Waals surface area contributed by atoms with Gasteiger partial charge in [-0.1, -0.05) is 23.3 Å². The van der Waals surface area contributed by atoms with Gasteiger partial charge in [-0.25, -0.2) is 0 Å². The molecule has 146 valence electrons. The standard InChI is InChI=1S/C20H24N6O2/c1-13(18(27)26-11-9-20(7-8-20)10-12-26)21-19-23-22-17(28-19)16-14-5-3-4-6-15(14)25(2)24-16/h3-6,13H,7-12H2,1-2H3,(H,21,23)/t13-/m0/s1. The Morgan fingerprint density at radius 2 is 1.93 bits per heavy atom. The number of likely N-dealkylation sites (tertiary alicyclic amines) is 1. The normalized spacial score (nSPS) is 19.1. The molecule has 2 fully saturated rings. The predicted octanol–water partition coefficient (Wildman–Crippen LogP) is 2.83. The van der Waals surface area contributed by atoms with Gasteiger partial charge in [0.2, 0.25) is 5.91 Å². The van der Waals surface area contributed by atoms with Crippen molar-refractivity contribution < 1.29 is 9.21 Å². The molecule has 1 aliphatic carbocycles. The first-order chi connectivity index (χ1) is 13.5. The molecule has 1 aliphatic heterocycles. The number of hydrogen-bond acceptors (Lipinski definition) is 6. The van der Waals surface area contributed by atoms with Crippen molar-refractivity contribution in [3.05, 3.63) is 24.3 Å². The number of hydrogen-bond donors (Lipinski definition) is 1. The van der Waals surface area contributed by atoms with Crippen LogP contribution in [0.25, 0.3) is 22.5 Å². The van der Waals surface area contributed by atoms with Crippen LogP contribution in [-0.4, -0.2) is 49.9 Å². The fraction of sp³-hybridized carbons (Fsp3) is 0.500. The number of aryl methyl sites for hydroxylation is 1. The van der Waals surface area contributed by atoms with E-state index in [1.165, 1.54) is 12.8 Å². The average molecular weight is 380 g/mol. The lowest BCUT2D eigenvalue weighted by Crippen LogP contribution is -2.45. The van der Waals surface area contributed by atoms with Crippen molar-refractivity contribution in [2.45, 2.75) is 38.6 Å². The van der Waals surface area contributed by atoms with Crippen molar-refractivity contribution in [3.8, 4) is 11.6 Å². The van der Waals surface area contributed by atoms with E-state index in [1.807, 2.05) is 43.1 Å². The Labute approximate surface area is 162 Å². The zero-order valence-corrected chi connectivity index (χ0v) is 16.2. The van der Waals surface area contributed by atoms with Crippen molar-refractivity contribution in [3.63, 3.8) is 0 Å². The molecular weight excluding hydrogens is 356 g/mol. The first-order valence-corrected chi connectivity index (χ1v) is 9.86. The maximum Gasteiger partial charge on any atom is 0.316 e. The van der Waals surface area contributed by atoms with E-state index < -0.39 is 6.04 Å². The molecule has 0 radical (unpaired) electrons. The molecule has 1 amide bonds. The first-order valence-electron chi connectivity index (χ1n) is 9.86. The van der Waals surface area contributed by atoms with E-state index in [4.69, 9.17) is 4.42 Å². The number of amides is 1. The molecule has 1 aromatic carbocycles. The highest BCUT2D eigenvalue weighted by molar-refractivity contribution is 5.91. The largest absolute Gasteiger partial charge is 0.402 e. The molecule has 8 nitrogen and oxygen atoms in total. The number of fused-ring (bicyclic) bond motifs is 1. The Hall–Kier alpha value is -2.90. The number of benzene rings is 1. The second-order valence-corrected chi connectivity index (χ2v) is 8.09. The molecule has 8 heteroatoms. The second-order valence-electron chi connectivity index (χ2n) is 8.09. The highest BCUT2D eigenvalue weighted by atomic mass is 16.4. The number of aromatic nitrogens is 4. The molecular formula is C20H24N6O2. The third-order valence-corrected chi connectivity index (χ3v) is 6.19. The molecule has 1 saturated carbocycles. The summed E-state index contributed by atoms with van der Waals surface area (Å²) in [6, 6.07) is 7.71. The number of carbonyl (C=O) groups is 1. The monoisotopic (exact) mass is 380 g/mol. The van der Waals surface area contributed by atoms with Crippen LogP contribution in [0.15, 0.2) is 28.7 Å². The number of para-hydroxylation sites is 1. The molecule has 3 heterocycles. The molecule has 0 unspecified atom stereocenters. The van der Waals surface area contributed by atoms with Gasteiger partial charge in [-0.3, -0.25) is 9.48 Å². The van der Waals surface area contributed by atoms with Crippen LogP contribution in [0.2, 0.25) is 0 Å². The second kappa shape index (κ2) is 6.32. The number of nitrogens with one attached hydrogen (secondary N) is 1. The fourth-order valence-electron chi connectivity index (χ4n) is 4.15. The van der Waals surface area contributed by atoms with E-state index in [2.05, 4.69) is 20.6 Å². The van der Waals surface area contributed by atoms with E-state index >= 15 is 0 Å². The summed E-state index contributed by atoms with van der Waals surface area (Å²) in [6.45, 7) is 3.53. The van der Waals surface area contributed by atoms with Crippen molar-refractivity contribution in [1.29, 1.82) is 0 Å². The third-order valence-electron chi connectivity index (χ3n) is 6.19. The summed E-state index contributed by atoms with van der Waals surface area (Å²) in [5, 5.41) is 16.7. The Balaban J connectivity index is 1.29. The summed E-state index contributed by atoms with van der Waals surface area (Å²) >= 11 is 0. The van der Waals surface area contributed by atoms with E-state index in [0.717, 1.165) is 36.8 Å². The SMILES string of the molecule is C[C@H](Nc1nnc(-c2nn(C)c3ccccc23)o1)C(=O)N1CCC2(CC1)CC2. The lowest BCUT2D eigenvalue weighted by Gasteiger charge is -2.33. The molecule has 5 rings (SSSR count). The number of piperidine rings is 1. The van der Waals surface area contributed by atoms with Gasteiger partial charge in [-0.05, 0) is 44.1 Å². The van der Waals surface area contributed by atoms with Crippen molar-refractivity contribution in [1.82, 2.24) is 24.9 Å². The zero-order chi connectivity index (χ0) is 19.3. The minimum absolute atomic E-state index is 0.0820. The minimum Gasteiger partial charge on any atom is -0.402 e. The smallest absolute Gasteiger partial charge is 0.316 e. The summed E-state index contributed by atoms with van der Waals surface area (Å²) in [4.78, 5) is 14.7. The average Bonchev–Trinajstić information content (AvgIpc) is 3.16. The van der Waals surface area contributed by atoms with Crippen molar-refractivity contribution >= 4 is 22.8 Å². The molecule has 1 spiro atoms. The Morgan fingerprint density at radius 3 is 2.68 bits per heavy atom. The first kappa shape index (κ1) is 17.2. The molecule has 2 aliphatic rings. The summed E-state index contributed by atoms with van der Waals surface area (Å²) in [5.74, 6) is 0.422. The van der Waals surface area contributed by atoms with Crippen LogP contribution in [0.3, 0.4) is 0 Å². The fourth-order valence-corrected chi connectivity index (χ4v) is 4.15. The van der Waals surface area contributed by atoms with Gasteiger partial charge < -0.3 is 14.6 Å². The zero-order valence-electron chi connectivity index (χ0n) is 16.2. The van der Waals surface area contributed by atoms with Gasteiger partial charge in [-0.2, -0.15) is 5.10 Å². The van der Waals surface area contributed by atoms with Crippen LogP contribution in [0.4, 0.5) is 6.01 Å². The van der Waals surface area contributed by atoms with Gasteiger partial charge in [0, 0.05) is 25.5 Å². The van der Waals surface area contributed by atoms with Crippen LogP contribution in [0.5, 0.6) is 0 Å². The summed E-state index contributed by atoms with van der Waals surface area (Å²) in [7, 11) is 1.88. The lowest BCUT2D eigenvalue weighted by atomic mass is 9.93. The lowest BCUT2D eigenvalue weighted by molar-refractivity contribution is -0.133. The van der Waals surface area contributed by atoms with E-state index in [-0.39, 0.29) is 11.9 Å². The van der Waals surface area contributed by atoms with Gasteiger partial charge >= 0.3 is 6.01 Å². The molecule has 1 saturated heterocycles. The number of anilines is 1. The maximum absolute atomic E-state index is 12.7. The Bertz CT molecular complexity index is 1020. The summed E-state index contributed by atoms with van der Waals surface area (Å²) < 4.78 is 7.55. The van der Waals surface area contributed by atoms with E-state index in [9.17, 15) is 4.79 Å². The minimum atomic E-state index is -0.415. The number of nitrogens with zero attached hydrogens (tertiary/aromatic N) is 5. The van der Waals surface area contributed by atoms with Crippen LogP contribution < -0.4 is 5.32 Å². The van der Waals surface area contributed by atoms with E-state index in [1.54, 1.807) is 4.68 Å². The number of rotatable bonds is 4. The van der Waals surface area contributed by atoms with E-state index in [0.29, 0.717) is 17.0 Å². The predicted molar refractivity (Wildman–Crippen MR) is 105 cm³/mol. The molecule has 2 aromatic heterocycles. The molecule has 3 aromatic rings. The van der Waals surface area contributed by atoms with Crippen LogP contribution >= 0.6 is 0 Å². The molecule has 28 heavy (non-hydrogen) atoms. The highest BCUT2D eigenvalue weighted by Gasteiger charge is 2.45. The molecule has 1 N–H and O–H groups in total. The van der Waals surface area contributed by atoms with Crippen molar-refractivity contribution in [2.24, 2.45) is 12.5 Å². The topological polar surface area (TPSA) is 89.1 Å². The van der Waals surface area contributed by atoms with Gasteiger partial charge in [-0.15, -0.1) is 5.10 Å². The summed E-state index contributed by atoms with van der Waals surface area (Å²) in [5.41, 5.74) is 2.19. The van der Waals surface area contributed by atoms with Gasteiger partial charge in [0.25, 0.3) is 5.89 Å². The number of carbonyl (C=O) groups excluding carboxylic acids is 1. The van der Waals surface area contributed by atoms with Crippen LogP contribution in [0.1, 0.15) is 32.6 Å². The maximum atomic E-state index is 12.7. The van der Waals surface area contributed by atoms with Crippen LogP contribution in [0, 0.1) is 5.41 Å². The van der Waals surface area contributed by atoms with Crippen LogP contribution in [-0.2, 0) is 11.8 Å². The summed E-state index contributed by atoms with van der Waals surface area (Å²) in [6.07, 6.45) is 4.91. The molecule has 0 bridgehead atoms. The Kier molecular flexibility index (Phi) is 3.89. The molecule has 1 atom stereocenters. The van der Waals surface area contributed by atoms with Gasteiger partial charge in [0.1, 0.15) is 6.04 Å². The highest BCUT2D eigenvalue weighted by Crippen LogP contribution is 2.53. The van der Waals surface area contributed by atoms with Crippen molar-refractivity contribution in [2.75, 3.05) is 18.4 Å². The quantitative estimate of drug-likeness (QED) is 0.749. The van der Waals surface area contributed by atoms with Gasteiger partial charge in [0.05, 0.1) is 5.52 Å². The Morgan fingerprint density at radius 1 is 1.18 bits per heavy atom. The third kappa shape index (κ3) is 2.93.